The van der Waals surface area contributed by atoms with Crippen molar-refractivity contribution in [2.45, 2.75) is 76.5 Å². The fourth-order valence-corrected chi connectivity index (χ4v) is 7.59. The van der Waals surface area contributed by atoms with E-state index in [2.05, 4.69) is 71.0 Å². The van der Waals surface area contributed by atoms with Crippen LogP contribution in [-0.4, -0.2) is 71.5 Å². The lowest BCUT2D eigenvalue weighted by molar-refractivity contribution is -0.134. The molecule has 0 spiro atoms. The van der Waals surface area contributed by atoms with Gasteiger partial charge >= 0.3 is 6.09 Å². The van der Waals surface area contributed by atoms with Gasteiger partial charge in [0.25, 0.3) is 0 Å². The summed E-state index contributed by atoms with van der Waals surface area (Å²) in [5.74, 6) is 1.44. The van der Waals surface area contributed by atoms with Crippen molar-refractivity contribution in [1.82, 2.24) is 20.2 Å². The van der Waals surface area contributed by atoms with E-state index in [0.29, 0.717) is 25.3 Å². The fourth-order valence-electron chi connectivity index (χ4n) is 7.59. The quantitative estimate of drug-likeness (QED) is 0.191. The maximum atomic E-state index is 13.7. The molecule has 3 aliphatic rings. The first kappa shape index (κ1) is 32.8. The average Bonchev–Trinajstić information content (AvgIpc) is 3.96. The Balaban J connectivity index is 1.02. The minimum atomic E-state index is -0.699. The second-order valence-electron chi connectivity index (χ2n) is 13.9. The van der Waals surface area contributed by atoms with Crippen LogP contribution in [0.5, 0.6) is 0 Å². The Kier molecular flexibility index (Phi) is 9.36. The van der Waals surface area contributed by atoms with E-state index in [4.69, 9.17) is 19.5 Å². The zero-order valence-corrected chi connectivity index (χ0v) is 28.7. The molecule has 9 nitrogen and oxygen atoms in total. The minimum Gasteiger partial charge on any atom is -0.453 e. The van der Waals surface area contributed by atoms with Crippen LogP contribution in [0, 0.1) is 5.92 Å². The molecule has 3 aromatic carbocycles. The number of nitrogens with zero attached hydrogens (tertiary/aromatic N) is 3. The molecule has 254 valence electrons. The van der Waals surface area contributed by atoms with Crippen molar-refractivity contribution in [1.29, 1.82) is 0 Å². The number of likely N-dealkylation sites (tertiary alicyclic amines) is 1. The van der Waals surface area contributed by atoms with Gasteiger partial charge in [-0.25, -0.2) is 9.78 Å². The maximum Gasteiger partial charge on any atom is 0.407 e. The number of aromatic amines is 1. The van der Waals surface area contributed by atoms with Gasteiger partial charge in [-0.1, -0.05) is 75.2 Å². The highest BCUT2D eigenvalue weighted by Gasteiger charge is 2.42. The number of benzene rings is 3. The lowest BCUT2D eigenvalue weighted by atomic mass is 9.95. The highest BCUT2D eigenvalue weighted by atomic mass is 16.5. The first-order valence-electron chi connectivity index (χ1n) is 17.4. The monoisotopic (exact) mass is 659 g/mol. The second-order valence-corrected chi connectivity index (χ2v) is 13.9. The van der Waals surface area contributed by atoms with Gasteiger partial charge in [-0.15, -0.1) is 0 Å². The first-order valence-corrected chi connectivity index (χ1v) is 17.4. The van der Waals surface area contributed by atoms with Gasteiger partial charge in [0.2, 0.25) is 5.91 Å². The number of nitrogens with one attached hydrogen (secondary N) is 2. The van der Waals surface area contributed by atoms with Crippen LogP contribution in [0.3, 0.4) is 0 Å². The Hall–Kier alpha value is -4.76. The van der Waals surface area contributed by atoms with Gasteiger partial charge in [0, 0.05) is 49.9 Å². The van der Waals surface area contributed by atoms with Gasteiger partial charge in [-0.05, 0) is 63.9 Å². The number of hydrogen-bond acceptors (Lipinski definition) is 6. The number of H-pyrrole nitrogens is 1. The number of hydrogen-bond donors (Lipinski definition) is 2. The molecule has 1 aromatic heterocycles. The summed E-state index contributed by atoms with van der Waals surface area (Å²) >= 11 is 0. The Morgan fingerprint density at radius 1 is 0.918 bits per heavy atom. The normalized spacial score (nSPS) is 20.1. The van der Waals surface area contributed by atoms with E-state index in [-0.39, 0.29) is 24.0 Å². The summed E-state index contributed by atoms with van der Waals surface area (Å²) in [6, 6.07) is 21.0. The number of rotatable bonds is 9. The molecule has 3 heterocycles. The smallest absolute Gasteiger partial charge is 0.407 e. The molecule has 1 saturated heterocycles. The SMILES string of the molecule is COC(=O)N[C@H](C(=O)N1C[C@@H](OC)C[C@H]1C1=NC=C(c2ccc(-c3ccc4cc(-c5cnc(C6CCCC6)[nH]5)ccc4c3)cc2)C1)C(C)C. The molecular formula is C40H45N5O4. The number of amides is 2. The topological polar surface area (TPSA) is 109 Å². The molecule has 2 N–H and O–H groups in total. The van der Waals surface area contributed by atoms with Crippen molar-refractivity contribution < 1.29 is 19.1 Å². The summed E-state index contributed by atoms with van der Waals surface area (Å²) < 4.78 is 10.5. The Morgan fingerprint density at radius 2 is 1.59 bits per heavy atom. The van der Waals surface area contributed by atoms with Gasteiger partial charge in [-0.3, -0.25) is 9.79 Å². The Labute approximate surface area is 287 Å². The van der Waals surface area contributed by atoms with E-state index in [1.165, 1.54) is 49.1 Å². The van der Waals surface area contributed by atoms with Crippen LogP contribution in [0.15, 0.2) is 78.1 Å². The van der Waals surface area contributed by atoms with Crippen molar-refractivity contribution in [2.75, 3.05) is 20.8 Å². The molecular weight excluding hydrogens is 614 g/mol. The van der Waals surface area contributed by atoms with Crippen LogP contribution in [-0.2, 0) is 14.3 Å². The Morgan fingerprint density at radius 3 is 2.29 bits per heavy atom. The molecule has 49 heavy (non-hydrogen) atoms. The molecule has 2 aliphatic heterocycles. The van der Waals surface area contributed by atoms with Gasteiger partial charge in [0.05, 0.1) is 31.1 Å². The van der Waals surface area contributed by atoms with Crippen LogP contribution in [0.4, 0.5) is 4.79 Å². The molecule has 0 bridgehead atoms. The lowest BCUT2D eigenvalue weighted by Crippen LogP contribution is -2.53. The van der Waals surface area contributed by atoms with E-state index in [1.54, 1.807) is 7.11 Å². The molecule has 3 atom stereocenters. The van der Waals surface area contributed by atoms with E-state index in [0.717, 1.165) is 39.5 Å². The highest BCUT2D eigenvalue weighted by molar-refractivity contribution is 6.04. The van der Waals surface area contributed by atoms with Crippen LogP contribution in [0.25, 0.3) is 38.7 Å². The predicted octanol–water partition coefficient (Wildman–Crippen LogP) is 7.74. The molecule has 0 radical (unpaired) electrons. The Bertz CT molecular complexity index is 1900. The van der Waals surface area contributed by atoms with Crippen molar-refractivity contribution in [3.05, 3.63) is 84.4 Å². The number of aliphatic imine (C=N–C) groups is 1. The number of imidazole rings is 1. The number of alkyl carbamates (subject to hydrolysis) is 1. The number of carbonyl (C=O) groups excluding carboxylic acids is 2. The molecule has 0 unspecified atom stereocenters. The molecule has 2 amide bonds. The maximum absolute atomic E-state index is 13.7. The minimum absolute atomic E-state index is 0.0978. The van der Waals surface area contributed by atoms with E-state index in [9.17, 15) is 9.59 Å². The molecule has 9 heteroatoms. The zero-order chi connectivity index (χ0) is 34.1. The van der Waals surface area contributed by atoms with Gasteiger partial charge in [0.1, 0.15) is 11.9 Å². The number of methoxy groups -OCH3 is 2. The van der Waals surface area contributed by atoms with E-state index in [1.807, 2.05) is 31.1 Å². The van der Waals surface area contributed by atoms with Crippen LogP contribution in [0.1, 0.15) is 69.7 Å². The summed E-state index contributed by atoms with van der Waals surface area (Å²) in [4.78, 5) is 40.6. The van der Waals surface area contributed by atoms with Crippen LogP contribution in [0.2, 0.25) is 0 Å². The zero-order valence-electron chi connectivity index (χ0n) is 28.7. The third kappa shape index (κ3) is 6.77. The number of allylic oxidation sites excluding steroid dienone is 1. The molecule has 7 rings (SSSR count). The van der Waals surface area contributed by atoms with Gasteiger partial charge in [-0.2, -0.15) is 0 Å². The average molecular weight is 660 g/mol. The third-order valence-corrected chi connectivity index (χ3v) is 10.5. The number of ether oxygens (including phenoxy) is 2. The van der Waals surface area contributed by atoms with Gasteiger partial charge in [0.15, 0.2) is 0 Å². The summed E-state index contributed by atoms with van der Waals surface area (Å²) in [6.07, 6.45) is 9.55. The van der Waals surface area contributed by atoms with Crippen molar-refractivity contribution in [3.63, 3.8) is 0 Å². The molecule has 2 fully saturated rings. The summed E-state index contributed by atoms with van der Waals surface area (Å²) in [5, 5.41) is 5.12. The summed E-state index contributed by atoms with van der Waals surface area (Å²) in [6.45, 7) is 4.28. The van der Waals surface area contributed by atoms with Crippen LogP contribution < -0.4 is 5.32 Å². The van der Waals surface area contributed by atoms with E-state index < -0.39 is 12.1 Å². The largest absolute Gasteiger partial charge is 0.453 e. The van der Waals surface area contributed by atoms with Gasteiger partial charge < -0.3 is 24.7 Å². The first-order chi connectivity index (χ1) is 23.8. The van der Waals surface area contributed by atoms with Crippen molar-refractivity contribution in [3.8, 4) is 22.4 Å². The number of aromatic nitrogens is 2. The van der Waals surface area contributed by atoms with Crippen molar-refractivity contribution in [2.24, 2.45) is 10.9 Å². The molecule has 1 aliphatic carbocycles. The highest BCUT2D eigenvalue weighted by Crippen LogP contribution is 2.35. The third-order valence-electron chi connectivity index (χ3n) is 10.5. The van der Waals surface area contributed by atoms with Crippen molar-refractivity contribution >= 4 is 34.1 Å². The standard InChI is InChI=1S/C40H45N5O4/c1-24(2)37(44-40(47)49-4)39(46)45-23-33(48-3)20-36(45)34-19-32(21-41-34)26-11-9-25(10-12-26)28-13-14-30-18-31(16-15-29(30)17-28)35-22-42-38(43-35)27-7-5-6-8-27/h9-18,21-22,24,27,33,36-37H,5-8,19-20,23H2,1-4H3,(H,42,43)(H,44,47)/t33-,36-,37-/m0/s1. The number of carbonyl (C=O) groups is 2. The summed E-state index contributed by atoms with van der Waals surface area (Å²) in [7, 11) is 2.97. The second kappa shape index (κ2) is 14.0. The van der Waals surface area contributed by atoms with E-state index >= 15 is 0 Å². The lowest BCUT2D eigenvalue weighted by Gasteiger charge is -2.30. The predicted molar refractivity (Wildman–Crippen MR) is 193 cm³/mol. The molecule has 4 aromatic rings. The summed E-state index contributed by atoms with van der Waals surface area (Å²) in [5.41, 5.74) is 7.72. The number of fused-ring (bicyclic) bond motifs is 1. The van der Waals surface area contributed by atoms with Crippen LogP contribution >= 0.6 is 0 Å². The fraction of sp³-hybridized carbons (Fsp3) is 0.400. The molecule has 1 saturated carbocycles.